The fourth-order valence-electron chi connectivity index (χ4n) is 4.36. The summed E-state index contributed by atoms with van der Waals surface area (Å²) in [5.74, 6) is 1.83. The number of allylic oxidation sites excluding steroid dienone is 2. The van der Waals surface area contributed by atoms with Gasteiger partial charge >= 0.3 is 0 Å². The van der Waals surface area contributed by atoms with Crippen molar-refractivity contribution in [3.8, 4) is 11.3 Å². The molecule has 0 N–H and O–H groups in total. The number of hydrogen-bond donors (Lipinski definition) is 0. The maximum Gasteiger partial charge on any atom is 0.147 e. The van der Waals surface area contributed by atoms with Crippen molar-refractivity contribution in [3.05, 3.63) is 45.6 Å². The van der Waals surface area contributed by atoms with E-state index in [1.54, 1.807) is 0 Å². The van der Waals surface area contributed by atoms with Gasteiger partial charge in [-0.3, -0.25) is 4.79 Å². The molecule has 1 aromatic heterocycles. The van der Waals surface area contributed by atoms with E-state index in [0.29, 0.717) is 34.6 Å². The lowest BCUT2D eigenvalue weighted by Gasteiger charge is -2.42. The van der Waals surface area contributed by atoms with Gasteiger partial charge in [-0.15, -0.1) is 0 Å². The number of halogens is 2. The summed E-state index contributed by atoms with van der Waals surface area (Å²) in [6.45, 7) is 0. The number of aromatic nitrogens is 1. The van der Waals surface area contributed by atoms with E-state index in [0.717, 1.165) is 54.7 Å². The zero-order valence-corrected chi connectivity index (χ0v) is 15.9. The van der Waals surface area contributed by atoms with E-state index < -0.39 is 0 Å². The van der Waals surface area contributed by atoms with Crippen molar-refractivity contribution in [3.63, 3.8) is 0 Å². The zero-order chi connectivity index (χ0) is 17.9. The number of nitrogens with zero attached hydrogens (tertiary/aromatic N) is 1. The summed E-state index contributed by atoms with van der Waals surface area (Å²) in [7, 11) is 0. The molecule has 2 saturated carbocycles. The van der Waals surface area contributed by atoms with Crippen LogP contribution in [0.3, 0.4) is 0 Å². The van der Waals surface area contributed by atoms with E-state index in [9.17, 15) is 4.79 Å². The molecule has 1 aromatic carbocycles. The van der Waals surface area contributed by atoms with E-state index in [2.05, 4.69) is 11.2 Å². The second kappa shape index (κ2) is 5.97. The first-order valence-corrected chi connectivity index (χ1v) is 10.00. The number of carbonyl (C=O) groups excluding carboxylic acids is 1. The molecule has 0 atom stereocenters. The van der Waals surface area contributed by atoms with Crippen LogP contribution >= 0.6 is 23.2 Å². The molecule has 2 fully saturated rings. The number of benzene rings is 1. The summed E-state index contributed by atoms with van der Waals surface area (Å²) in [6, 6.07) is 5.51. The molecule has 26 heavy (non-hydrogen) atoms. The molecule has 3 nitrogen and oxygen atoms in total. The van der Waals surface area contributed by atoms with Gasteiger partial charge in [0.15, 0.2) is 0 Å². The molecule has 3 aliphatic rings. The van der Waals surface area contributed by atoms with Gasteiger partial charge in [-0.2, -0.15) is 0 Å². The summed E-state index contributed by atoms with van der Waals surface area (Å²) >= 11 is 12.9. The molecule has 0 aliphatic heterocycles. The Balaban J connectivity index is 1.59. The highest BCUT2D eigenvalue weighted by atomic mass is 35.5. The van der Waals surface area contributed by atoms with E-state index >= 15 is 0 Å². The average molecular weight is 388 g/mol. The van der Waals surface area contributed by atoms with Crippen LogP contribution in [-0.4, -0.2) is 10.9 Å². The first kappa shape index (κ1) is 16.6. The fourth-order valence-corrected chi connectivity index (χ4v) is 4.94. The molecule has 1 spiro atoms. The molecule has 2 aromatic rings. The van der Waals surface area contributed by atoms with Crippen LogP contribution in [0.1, 0.15) is 62.2 Å². The monoisotopic (exact) mass is 387 g/mol. The van der Waals surface area contributed by atoms with Gasteiger partial charge in [0.05, 0.1) is 10.0 Å². The van der Waals surface area contributed by atoms with Gasteiger partial charge < -0.3 is 4.52 Å². The van der Waals surface area contributed by atoms with Crippen LogP contribution in [0.2, 0.25) is 10.0 Å². The van der Waals surface area contributed by atoms with Crippen molar-refractivity contribution in [2.24, 2.45) is 5.41 Å². The van der Waals surface area contributed by atoms with Crippen LogP contribution in [-0.2, 0) is 4.79 Å². The standard InChI is InChI=1S/C21H19Cl2NO2/c22-15-2-1-3-16(23)18(15)19-17(20(26-24-19)12-4-5-12)13-10-21(11-13)8-6-14(25)7-9-21/h1-3,10,12H,4-9,11H2. The fraction of sp³-hybridized carbons (Fsp3) is 0.429. The number of Topliss-reactive ketones (excluding diaryl/α,β-unsaturated/α-hetero) is 1. The van der Waals surface area contributed by atoms with E-state index in [-0.39, 0.29) is 5.41 Å². The maximum absolute atomic E-state index is 11.6. The normalized spacial score (nSPS) is 21.6. The Bertz CT molecular complexity index is 909. The van der Waals surface area contributed by atoms with Crippen molar-refractivity contribution >= 4 is 34.6 Å². The van der Waals surface area contributed by atoms with Gasteiger partial charge in [0.2, 0.25) is 0 Å². The quantitative estimate of drug-likeness (QED) is 0.608. The number of hydrogen-bond acceptors (Lipinski definition) is 3. The minimum absolute atomic E-state index is 0.183. The Morgan fingerprint density at radius 1 is 1.08 bits per heavy atom. The van der Waals surface area contributed by atoms with Gasteiger partial charge in [-0.05, 0) is 55.2 Å². The molecule has 1 heterocycles. The smallest absolute Gasteiger partial charge is 0.147 e. The Morgan fingerprint density at radius 3 is 2.35 bits per heavy atom. The van der Waals surface area contributed by atoms with Crippen molar-refractivity contribution in [2.75, 3.05) is 0 Å². The highest BCUT2D eigenvalue weighted by Gasteiger charge is 2.44. The Kier molecular flexibility index (Phi) is 3.81. The number of rotatable bonds is 3. The second-order valence-electron chi connectivity index (χ2n) is 7.89. The van der Waals surface area contributed by atoms with Gasteiger partial charge in [0.25, 0.3) is 0 Å². The van der Waals surface area contributed by atoms with Gasteiger partial charge in [-0.25, -0.2) is 0 Å². The minimum atomic E-state index is 0.183. The number of carbonyl (C=O) groups is 1. The SMILES string of the molecule is O=C1CCC2(C=C(c3c(-c4c(Cl)cccc4Cl)noc3C3CC3)C2)CC1. The van der Waals surface area contributed by atoms with E-state index in [1.165, 1.54) is 5.57 Å². The largest absolute Gasteiger partial charge is 0.360 e. The van der Waals surface area contributed by atoms with Gasteiger partial charge in [0, 0.05) is 29.9 Å². The summed E-state index contributed by atoms with van der Waals surface area (Å²) in [6.07, 6.45) is 8.94. The van der Waals surface area contributed by atoms with Crippen molar-refractivity contribution < 1.29 is 9.32 Å². The highest BCUT2D eigenvalue weighted by molar-refractivity contribution is 6.39. The molecule has 0 amide bonds. The first-order valence-electron chi connectivity index (χ1n) is 9.24. The Morgan fingerprint density at radius 2 is 1.73 bits per heavy atom. The zero-order valence-electron chi connectivity index (χ0n) is 14.4. The van der Waals surface area contributed by atoms with Crippen molar-refractivity contribution in [1.29, 1.82) is 0 Å². The summed E-state index contributed by atoms with van der Waals surface area (Å²) in [5, 5.41) is 5.56. The topological polar surface area (TPSA) is 43.1 Å². The average Bonchev–Trinajstić information content (AvgIpc) is 3.35. The molecule has 0 unspecified atom stereocenters. The summed E-state index contributed by atoms with van der Waals surface area (Å²) in [5.41, 5.74) is 4.05. The van der Waals surface area contributed by atoms with Crippen LogP contribution in [0.15, 0.2) is 28.8 Å². The summed E-state index contributed by atoms with van der Waals surface area (Å²) < 4.78 is 5.77. The van der Waals surface area contributed by atoms with Gasteiger partial charge in [0.1, 0.15) is 17.2 Å². The van der Waals surface area contributed by atoms with Gasteiger partial charge in [-0.1, -0.05) is 40.5 Å². The molecule has 0 bridgehead atoms. The Hall–Kier alpha value is -1.58. The molecule has 134 valence electrons. The third-order valence-electron chi connectivity index (χ3n) is 6.01. The third-order valence-corrected chi connectivity index (χ3v) is 6.64. The lowest BCUT2D eigenvalue weighted by Crippen LogP contribution is -2.32. The molecule has 5 heteroatoms. The molecule has 0 radical (unpaired) electrons. The predicted molar refractivity (Wildman–Crippen MR) is 102 cm³/mol. The number of ketones is 1. The first-order chi connectivity index (χ1) is 12.6. The third kappa shape index (κ3) is 2.64. The van der Waals surface area contributed by atoms with Crippen LogP contribution in [0.4, 0.5) is 0 Å². The lowest BCUT2D eigenvalue weighted by molar-refractivity contribution is -0.121. The van der Waals surface area contributed by atoms with Crippen molar-refractivity contribution in [2.45, 2.75) is 50.9 Å². The maximum atomic E-state index is 11.6. The molecule has 3 aliphatic carbocycles. The van der Waals surface area contributed by atoms with Crippen LogP contribution in [0, 0.1) is 5.41 Å². The molecular formula is C21H19Cl2NO2. The van der Waals surface area contributed by atoms with Crippen molar-refractivity contribution in [1.82, 2.24) is 5.16 Å². The second-order valence-corrected chi connectivity index (χ2v) is 8.70. The molecule has 5 rings (SSSR count). The van der Waals surface area contributed by atoms with Crippen LogP contribution in [0.25, 0.3) is 16.8 Å². The Labute approximate surface area is 162 Å². The predicted octanol–water partition coefficient (Wildman–Crippen LogP) is 6.44. The van der Waals surface area contributed by atoms with Crippen LogP contribution in [0.5, 0.6) is 0 Å². The summed E-state index contributed by atoms with van der Waals surface area (Å²) in [4.78, 5) is 11.6. The van der Waals surface area contributed by atoms with E-state index in [1.807, 2.05) is 18.2 Å². The lowest BCUT2D eigenvalue weighted by atomic mass is 9.61. The minimum Gasteiger partial charge on any atom is -0.360 e. The van der Waals surface area contributed by atoms with Crippen LogP contribution < -0.4 is 0 Å². The van der Waals surface area contributed by atoms with E-state index in [4.69, 9.17) is 27.7 Å². The molecule has 0 saturated heterocycles. The molecular weight excluding hydrogens is 369 g/mol. The highest BCUT2D eigenvalue weighted by Crippen LogP contribution is 2.57.